The zero-order valence-corrected chi connectivity index (χ0v) is 13.1. The van der Waals surface area contributed by atoms with Crippen molar-refractivity contribution >= 4 is 5.97 Å². The zero-order valence-electron chi connectivity index (χ0n) is 13.1. The van der Waals surface area contributed by atoms with Crippen molar-refractivity contribution in [1.29, 1.82) is 0 Å². The average Bonchev–Trinajstić information content (AvgIpc) is 2.39. The van der Waals surface area contributed by atoms with Crippen molar-refractivity contribution in [2.24, 2.45) is 17.8 Å². The molecule has 0 unspecified atom stereocenters. The topological polar surface area (TPSA) is 26.3 Å². The molecule has 0 aromatic rings. The van der Waals surface area contributed by atoms with Gasteiger partial charge in [-0.2, -0.15) is 0 Å². The van der Waals surface area contributed by atoms with Crippen LogP contribution in [0.15, 0.2) is 0 Å². The van der Waals surface area contributed by atoms with E-state index < -0.39 is 0 Å². The lowest BCUT2D eigenvalue weighted by atomic mass is 9.71. The Balaban J connectivity index is 0.000000192. The molecule has 0 spiro atoms. The van der Waals surface area contributed by atoms with E-state index in [0.717, 1.165) is 18.3 Å². The highest BCUT2D eigenvalue weighted by Gasteiger charge is 2.26. The zero-order chi connectivity index (χ0) is 14.1. The summed E-state index contributed by atoms with van der Waals surface area (Å²) < 4.78 is 4.71. The number of ether oxygens (including phenoxy) is 1. The molecular formula is C17H32O2. The Kier molecular flexibility index (Phi) is 8.16. The molecule has 0 aromatic heterocycles. The van der Waals surface area contributed by atoms with Gasteiger partial charge in [-0.3, -0.25) is 4.79 Å². The third-order valence-electron chi connectivity index (χ3n) is 4.47. The summed E-state index contributed by atoms with van der Waals surface area (Å²) in [7, 11) is 0. The molecule has 0 radical (unpaired) electrons. The number of hydrogen-bond donors (Lipinski definition) is 0. The Labute approximate surface area is 119 Å². The Hall–Kier alpha value is -0.530. The predicted molar refractivity (Wildman–Crippen MR) is 80.0 cm³/mol. The van der Waals surface area contributed by atoms with Crippen LogP contribution in [0.3, 0.4) is 0 Å². The Bertz CT molecular complexity index is 222. The molecule has 2 aliphatic carbocycles. The molecule has 2 rings (SSSR count). The summed E-state index contributed by atoms with van der Waals surface area (Å²) in [6.07, 6.45) is 13.3. The Morgan fingerprint density at radius 3 is 1.74 bits per heavy atom. The SMILES string of the molecule is C1CCC2CCCCC2C1.CC(=O)OCCC(C)C. The minimum absolute atomic E-state index is 0.185. The van der Waals surface area contributed by atoms with Gasteiger partial charge in [0.05, 0.1) is 6.61 Å². The van der Waals surface area contributed by atoms with Crippen LogP contribution in [0.2, 0.25) is 0 Å². The van der Waals surface area contributed by atoms with Gasteiger partial charge in [-0.1, -0.05) is 65.2 Å². The molecule has 2 heteroatoms. The molecule has 0 saturated heterocycles. The van der Waals surface area contributed by atoms with Gasteiger partial charge < -0.3 is 4.74 Å². The van der Waals surface area contributed by atoms with E-state index in [0.29, 0.717) is 12.5 Å². The molecule has 0 atom stereocenters. The summed E-state index contributed by atoms with van der Waals surface area (Å²) in [6, 6.07) is 0. The summed E-state index contributed by atoms with van der Waals surface area (Å²) in [5.74, 6) is 2.74. The van der Waals surface area contributed by atoms with Crippen LogP contribution in [0.4, 0.5) is 0 Å². The number of carbonyl (C=O) groups is 1. The lowest BCUT2D eigenvalue weighted by Gasteiger charge is -2.35. The van der Waals surface area contributed by atoms with E-state index in [2.05, 4.69) is 13.8 Å². The molecule has 2 saturated carbocycles. The fraction of sp³-hybridized carbons (Fsp3) is 0.941. The first-order chi connectivity index (χ1) is 9.09. The molecule has 19 heavy (non-hydrogen) atoms. The number of carbonyl (C=O) groups excluding carboxylic acids is 1. The van der Waals surface area contributed by atoms with E-state index in [9.17, 15) is 4.79 Å². The van der Waals surface area contributed by atoms with Crippen molar-refractivity contribution in [1.82, 2.24) is 0 Å². The van der Waals surface area contributed by atoms with E-state index in [1.165, 1.54) is 32.6 Å². The van der Waals surface area contributed by atoms with Crippen molar-refractivity contribution in [2.75, 3.05) is 6.61 Å². The molecule has 2 fully saturated rings. The van der Waals surface area contributed by atoms with Gasteiger partial charge in [-0.05, 0) is 24.2 Å². The lowest BCUT2D eigenvalue weighted by molar-refractivity contribution is -0.141. The normalized spacial score (nSPS) is 26.1. The van der Waals surface area contributed by atoms with Gasteiger partial charge in [0.1, 0.15) is 0 Å². The van der Waals surface area contributed by atoms with Gasteiger partial charge in [0.25, 0.3) is 0 Å². The molecule has 2 aliphatic rings. The van der Waals surface area contributed by atoms with Crippen LogP contribution in [0.1, 0.15) is 78.6 Å². The number of hydrogen-bond acceptors (Lipinski definition) is 2. The first-order valence-corrected chi connectivity index (χ1v) is 8.23. The second-order valence-electron chi connectivity index (χ2n) is 6.61. The highest BCUT2D eigenvalue weighted by Crippen LogP contribution is 2.39. The monoisotopic (exact) mass is 268 g/mol. The smallest absolute Gasteiger partial charge is 0.302 e. The quantitative estimate of drug-likeness (QED) is 0.676. The van der Waals surface area contributed by atoms with Crippen molar-refractivity contribution in [3.8, 4) is 0 Å². The highest BCUT2D eigenvalue weighted by molar-refractivity contribution is 5.65. The molecule has 0 aromatic carbocycles. The fourth-order valence-corrected chi connectivity index (χ4v) is 3.30. The predicted octanol–water partition coefficient (Wildman–Crippen LogP) is 4.96. The third-order valence-corrected chi connectivity index (χ3v) is 4.47. The first kappa shape index (κ1) is 16.5. The molecule has 0 N–H and O–H groups in total. The minimum atomic E-state index is -0.185. The maximum Gasteiger partial charge on any atom is 0.302 e. The maximum absolute atomic E-state index is 10.2. The van der Waals surface area contributed by atoms with E-state index in [1.54, 1.807) is 25.7 Å². The average molecular weight is 268 g/mol. The van der Waals surface area contributed by atoms with Crippen molar-refractivity contribution in [2.45, 2.75) is 78.6 Å². The van der Waals surface area contributed by atoms with Crippen molar-refractivity contribution < 1.29 is 9.53 Å². The largest absolute Gasteiger partial charge is 0.466 e. The van der Waals surface area contributed by atoms with Crippen LogP contribution < -0.4 is 0 Å². The second-order valence-corrected chi connectivity index (χ2v) is 6.61. The fourth-order valence-electron chi connectivity index (χ4n) is 3.30. The van der Waals surface area contributed by atoms with Crippen LogP contribution in [-0.2, 0) is 9.53 Å². The van der Waals surface area contributed by atoms with Gasteiger partial charge >= 0.3 is 5.97 Å². The number of fused-ring (bicyclic) bond motifs is 1. The molecule has 112 valence electrons. The molecule has 0 heterocycles. The summed E-state index contributed by atoms with van der Waals surface area (Å²) in [4.78, 5) is 10.2. The summed E-state index contributed by atoms with van der Waals surface area (Å²) in [5.41, 5.74) is 0. The van der Waals surface area contributed by atoms with Crippen LogP contribution in [0.5, 0.6) is 0 Å². The molecule has 0 aliphatic heterocycles. The van der Waals surface area contributed by atoms with Gasteiger partial charge in [-0.25, -0.2) is 0 Å². The number of rotatable bonds is 3. The molecule has 2 nitrogen and oxygen atoms in total. The van der Waals surface area contributed by atoms with E-state index in [-0.39, 0.29) is 5.97 Å². The van der Waals surface area contributed by atoms with E-state index in [1.807, 2.05) is 0 Å². The van der Waals surface area contributed by atoms with Crippen LogP contribution >= 0.6 is 0 Å². The lowest BCUT2D eigenvalue weighted by Crippen LogP contribution is -2.22. The van der Waals surface area contributed by atoms with Gasteiger partial charge in [-0.15, -0.1) is 0 Å². The molecule has 0 amide bonds. The molecular weight excluding hydrogens is 236 g/mol. The van der Waals surface area contributed by atoms with E-state index in [4.69, 9.17) is 4.74 Å². The summed E-state index contributed by atoms with van der Waals surface area (Å²) in [6.45, 7) is 6.19. The standard InChI is InChI=1S/C10H18.C7H14O2/c1-2-6-10-8-4-3-7-9(10)5-1;1-6(2)4-5-9-7(3)8/h9-10H,1-8H2;6H,4-5H2,1-3H3. The van der Waals surface area contributed by atoms with Gasteiger partial charge in [0, 0.05) is 6.92 Å². The second kappa shape index (κ2) is 9.39. The van der Waals surface area contributed by atoms with Crippen LogP contribution in [0, 0.1) is 17.8 Å². The van der Waals surface area contributed by atoms with Gasteiger partial charge in [0.15, 0.2) is 0 Å². The van der Waals surface area contributed by atoms with Crippen molar-refractivity contribution in [3.05, 3.63) is 0 Å². The van der Waals surface area contributed by atoms with Gasteiger partial charge in [0.2, 0.25) is 0 Å². The van der Waals surface area contributed by atoms with Crippen LogP contribution in [-0.4, -0.2) is 12.6 Å². The summed E-state index contributed by atoms with van der Waals surface area (Å²) in [5, 5.41) is 0. The van der Waals surface area contributed by atoms with E-state index >= 15 is 0 Å². The van der Waals surface area contributed by atoms with Crippen molar-refractivity contribution in [3.63, 3.8) is 0 Å². The maximum atomic E-state index is 10.2. The van der Waals surface area contributed by atoms with Crippen LogP contribution in [0.25, 0.3) is 0 Å². The summed E-state index contributed by atoms with van der Waals surface area (Å²) >= 11 is 0. The minimum Gasteiger partial charge on any atom is -0.466 e. The Morgan fingerprint density at radius 1 is 1.00 bits per heavy atom. The highest BCUT2D eigenvalue weighted by atomic mass is 16.5. The number of esters is 1. The Morgan fingerprint density at radius 2 is 1.42 bits per heavy atom. The third kappa shape index (κ3) is 7.59. The molecule has 0 bridgehead atoms. The first-order valence-electron chi connectivity index (χ1n) is 8.23.